The number of hydrogen-bond donors (Lipinski definition) is 2. The predicted molar refractivity (Wildman–Crippen MR) is 142 cm³/mol. The molecule has 0 saturated heterocycles. The van der Waals surface area contributed by atoms with Crippen molar-refractivity contribution in [2.75, 3.05) is 6.61 Å². The van der Waals surface area contributed by atoms with Gasteiger partial charge in [-0.3, -0.25) is 4.79 Å². The molecule has 0 amide bonds. The molecular weight excluding hydrogens is 439 g/mol. The molecule has 0 fully saturated rings. The average Bonchev–Trinajstić information content (AvgIpc) is 2.79. The van der Waals surface area contributed by atoms with E-state index in [1.165, 1.54) is 116 Å². The van der Waals surface area contributed by atoms with Crippen LogP contribution in [0.25, 0.3) is 0 Å². The maximum atomic E-state index is 11.8. The van der Waals surface area contributed by atoms with E-state index in [1.807, 2.05) is 0 Å². The van der Waals surface area contributed by atoms with Gasteiger partial charge in [-0.05, 0) is 20.3 Å². The zero-order valence-electron chi connectivity index (χ0n) is 23.0. The van der Waals surface area contributed by atoms with Crippen LogP contribution in [-0.2, 0) is 14.3 Å². The maximum Gasteiger partial charge on any atom is 0.345 e. The van der Waals surface area contributed by atoms with Crippen LogP contribution in [0, 0.1) is 0 Å². The molecule has 0 aliphatic heterocycles. The Kier molecular flexibility index (Phi) is 26.4. The first-order valence-corrected chi connectivity index (χ1v) is 14.0. The summed E-state index contributed by atoms with van der Waals surface area (Å²) < 4.78 is 4.99. The van der Waals surface area contributed by atoms with Crippen molar-refractivity contribution in [1.82, 2.24) is 0 Å². The van der Waals surface area contributed by atoms with Gasteiger partial charge in [-0.2, -0.15) is 0 Å². The summed E-state index contributed by atoms with van der Waals surface area (Å²) >= 11 is 0. The molecule has 0 aliphatic rings. The minimum atomic E-state index is -2.28. The van der Waals surface area contributed by atoms with Gasteiger partial charge in [0.2, 0.25) is 11.4 Å². The van der Waals surface area contributed by atoms with Crippen LogP contribution in [0.1, 0.15) is 149 Å². The number of Topliss-reactive ketones (excluding diaryl/α,β-unsaturated/α-hetero) is 1. The molecule has 2 atom stereocenters. The fourth-order valence-corrected chi connectivity index (χ4v) is 4.17. The second kappa shape index (κ2) is 24.7. The zero-order valence-corrected chi connectivity index (χ0v) is 25.0. The average molecular weight is 494 g/mol. The van der Waals surface area contributed by atoms with Crippen molar-refractivity contribution in [3.63, 3.8) is 0 Å². The molecule has 0 aromatic carbocycles. The molecule has 0 bridgehead atoms. The molecule has 0 heterocycles. The molecule has 2 unspecified atom stereocenters. The third-order valence-electron chi connectivity index (χ3n) is 6.49. The van der Waals surface area contributed by atoms with Gasteiger partial charge >= 0.3 is 5.97 Å². The fraction of sp³-hybridized carbons (Fsp3) is 0.929. The smallest absolute Gasteiger partial charge is 0.345 e. The summed E-state index contributed by atoms with van der Waals surface area (Å²) in [6.45, 7) is 4.77. The fourth-order valence-electron chi connectivity index (χ4n) is 4.17. The maximum absolute atomic E-state index is 11.8. The Morgan fingerprint density at radius 3 is 1.26 bits per heavy atom. The molecule has 1 radical (unpaired) electrons. The number of carbonyl (C=O) groups excluding carboxylic acids is 2. The summed E-state index contributed by atoms with van der Waals surface area (Å²) in [5.41, 5.74) is -2.28. The van der Waals surface area contributed by atoms with Gasteiger partial charge < -0.3 is 14.9 Å². The first-order chi connectivity index (χ1) is 15.8. The van der Waals surface area contributed by atoms with Gasteiger partial charge in [-0.1, -0.05) is 129 Å². The second-order valence-corrected chi connectivity index (χ2v) is 9.97. The van der Waals surface area contributed by atoms with Crippen molar-refractivity contribution in [2.45, 2.75) is 161 Å². The van der Waals surface area contributed by atoms with E-state index in [2.05, 4.69) is 6.92 Å². The van der Waals surface area contributed by atoms with Crippen LogP contribution in [-0.4, -0.2) is 69.8 Å². The molecule has 0 rings (SSSR count). The van der Waals surface area contributed by atoms with E-state index in [-0.39, 0.29) is 36.2 Å². The zero-order chi connectivity index (χ0) is 24.8. The minimum Gasteiger partial charge on any atom is -0.463 e. The largest absolute Gasteiger partial charge is 0.463 e. The van der Waals surface area contributed by atoms with Crippen molar-refractivity contribution in [3.8, 4) is 0 Å². The Bertz CT molecular complexity index is 479. The summed E-state index contributed by atoms with van der Waals surface area (Å²) in [4.78, 5) is 23.4. The first-order valence-electron chi connectivity index (χ1n) is 14.0. The molecular formula is C28H54NaO5. The Labute approximate surface area is 232 Å². The van der Waals surface area contributed by atoms with Crippen molar-refractivity contribution in [3.05, 3.63) is 0 Å². The summed E-state index contributed by atoms with van der Waals surface area (Å²) in [6, 6.07) is 0. The van der Waals surface area contributed by atoms with Crippen LogP contribution in [0.3, 0.4) is 0 Å². The first kappa shape index (κ1) is 36.2. The number of hydrogen-bond acceptors (Lipinski definition) is 5. The van der Waals surface area contributed by atoms with Crippen molar-refractivity contribution < 1.29 is 24.5 Å². The van der Waals surface area contributed by atoms with Gasteiger partial charge in [-0.15, -0.1) is 0 Å². The number of aliphatic hydroxyl groups excluding tert-OH is 1. The minimum absolute atomic E-state index is 0. The molecule has 34 heavy (non-hydrogen) atoms. The van der Waals surface area contributed by atoms with E-state index in [1.54, 1.807) is 0 Å². The summed E-state index contributed by atoms with van der Waals surface area (Å²) in [7, 11) is 0. The quantitative estimate of drug-likeness (QED) is 0.0679. The number of aliphatic hydroxyl groups is 2. The van der Waals surface area contributed by atoms with E-state index in [4.69, 9.17) is 4.74 Å². The monoisotopic (exact) mass is 493 g/mol. The van der Waals surface area contributed by atoms with Crippen LogP contribution in [0.5, 0.6) is 0 Å². The third-order valence-corrected chi connectivity index (χ3v) is 6.49. The SMILES string of the molecule is CCCCCCCCCCCCCCCCCCCCCCOC(=O)C(C)(O)C(=O)C(C)O.[Na]. The molecule has 0 aliphatic carbocycles. The standard InChI is InChI=1S/C28H54O5.Na/c1-4-5-6-7-8-9-10-11-12-13-14-15-16-17-18-19-20-21-22-23-24-33-27(31)28(3,32)26(30)25(2)29;/h25,29,32H,4-24H2,1-3H3;. The number of ether oxygens (including phenoxy) is 1. The second-order valence-electron chi connectivity index (χ2n) is 9.97. The molecule has 0 spiro atoms. The predicted octanol–water partition coefficient (Wildman–Crippen LogP) is 6.67. The van der Waals surface area contributed by atoms with Crippen LogP contribution < -0.4 is 0 Å². The van der Waals surface area contributed by atoms with Gasteiger partial charge in [0.05, 0.1) is 6.61 Å². The normalized spacial score (nSPS) is 13.7. The van der Waals surface area contributed by atoms with E-state index < -0.39 is 23.5 Å². The van der Waals surface area contributed by atoms with Gasteiger partial charge in [0.1, 0.15) is 6.10 Å². The number of carbonyl (C=O) groups is 2. The number of ketones is 1. The van der Waals surface area contributed by atoms with Crippen molar-refractivity contribution >= 4 is 41.3 Å². The Balaban J connectivity index is 0. The third kappa shape index (κ3) is 20.3. The van der Waals surface area contributed by atoms with Crippen LogP contribution >= 0.6 is 0 Å². The van der Waals surface area contributed by atoms with Gasteiger partial charge in [0.15, 0.2) is 0 Å². The van der Waals surface area contributed by atoms with Gasteiger partial charge in [-0.25, -0.2) is 4.79 Å². The van der Waals surface area contributed by atoms with Crippen molar-refractivity contribution in [1.29, 1.82) is 0 Å². The molecule has 0 saturated carbocycles. The van der Waals surface area contributed by atoms with E-state index in [9.17, 15) is 19.8 Å². The Morgan fingerprint density at radius 1 is 0.676 bits per heavy atom. The molecule has 5 nitrogen and oxygen atoms in total. The van der Waals surface area contributed by atoms with Crippen LogP contribution in [0.2, 0.25) is 0 Å². The molecule has 2 N–H and O–H groups in total. The molecule has 6 heteroatoms. The van der Waals surface area contributed by atoms with Gasteiger partial charge in [0, 0.05) is 29.6 Å². The van der Waals surface area contributed by atoms with Crippen LogP contribution in [0.15, 0.2) is 0 Å². The van der Waals surface area contributed by atoms with E-state index in [0.717, 1.165) is 26.2 Å². The number of esters is 1. The molecule has 0 aromatic rings. The van der Waals surface area contributed by atoms with Gasteiger partial charge in [0.25, 0.3) is 0 Å². The molecule has 197 valence electrons. The topological polar surface area (TPSA) is 83.8 Å². The summed E-state index contributed by atoms with van der Waals surface area (Å²) in [6.07, 6.45) is 24.8. The molecule has 0 aromatic heterocycles. The summed E-state index contributed by atoms with van der Waals surface area (Å²) in [5.74, 6) is -1.91. The Hall–Kier alpha value is 0.0600. The van der Waals surface area contributed by atoms with E-state index >= 15 is 0 Å². The van der Waals surface area contributed by atoms with E-state index in [0.29, 0.717) is 0 Å². The van der Waals surface area contributed by atoms with Crippen LogP contribution in [0.4, 0.5) is 0 Å². The van der Waals surface area contributed by atoms with Crippen molar-refractivity contribution in [2.24, 2.45) is 0 Å². The number of unbranched alkanes of at least 4 members (excludes halogenated alkanes) is 19. The summed E-state index contributed by atoms with van der Waals surface area (Å²) in [5, 5.41) is 19.1. The Morgan fingerprint density at radius 2 is 0.971 bits per heavy atom. The number of rotatable bonds is 24.